The van der Waals surface area contributed by atoms with E-state index in [4.69, 9.17) is 0 Å². The molecule has 6 heteroatoms. The minimum Gasteiger partial charge on any atom is -0.293 e. The van der Waals surface area contributed by atoms with E-state index in [0.29, 0.717) is 6.42 Å². The minimum absolute atomic E-state index is 0.106. The molecule has 0 spiro atoms. The van der Waals surface area contributed by atoms with Crippen molar-refractivity contribution in [3.63, 3.8) is 0 Å². The lowest BCUT2D eigenvalue weighted by molar-refractivity contribution is 0.0993. The molecule has 0 unspecified atom stereocenters. The van der Waals surface area contributed by atoms with Crippen molar-refractivity contribution in [3.8, 4) is 0 Å². The number of aryl methyl sites for hydroxylation is 4. The van der Waals surface area contributed by atoms with Crippen LogP contribution in [-0.2, 0) is 19.9 Å². The summed E-state index contributed by atoms with van der Waals surface area (Å²) in [4.78, 5) is 17.4. The number of aromatic nitrogens is 3. The SMILES string of the molecule is CCc1nn(C)c(CC(=O)c2sc(C)nc2C)c1Br. The number of Topliss-reactive ketones (excluding diaryl/α,β-unsaturated/α-hetero) is 1. The van der Waals surface area contributed by atoms with E-state index in [1.165, 1.54) is 11.3 Å². The van der Waals surface area contributed by atoms with Crippen LogP contribution in [0.2, 0.25) is 0 Å². The van der Waals surface area contributed by atoms with E-state index in [2.05, 4.69) is 32.9 Å². The Kier molecular flexibility index (Phi) is 4.20. The van der Waals surface area contributed by atoms with Crippen molar-refractivity contribution in [2.45, 2.75) is 33.6 Å². The molecule has 19 heavy (non-hydrogen) atoms. The molecule has 0 aliphatic rings. The largest absolute Gasteiger partial charge is 0.293 e. The Bertz CT molecular complexity index is 630. The molecule has 2 heterocycles. The van der Waals surface area contributed by atoms with Gasteiger partial charge >= 0.3 is 0 Å². The molecular weight excluding hydrogens is 326 g/mol. The van der Waals surface area contributed by atoms with E-state index in [0.717, 1.165) is 37.9 Å². The summed E-state index contributed by atoms with van der Waals surface area (Å²) in [6.07, 6.45) is 1.20. The van der Waals surface area contributed by atoms with E-state index in [1.807, 2.05) is 20.9 Å². The Morgan fingerprint density at radius 3 is 2.58 bits per heavy atom. The van der Waals surface area contributed by atoms with Crippen LogP contribution < -0.4 is 0 Å². The van der Waals surface area contributed by atoms with Gasteiger partial charge in [0, 0.05) is 7.05 Å². The van der Waals surface area contributed by atoms with Crippen LogP contribution >= 0.6 is 27.3 Å². The predicted molar refractivity (Wildman–Crippen MR) is 79.9 cm³/mol. The van der Waals surface area contributed by atoms with E-state index in [9.17, 15) is 4.79 Å². The minimum atomic E-state index is 0.106. The van der Waals surface area contributed by atoms with E-state index < -0.39 is 0 Å². The van der Waals surface area contributed by atoms with Crippen LogP contribution in [0, 0.1) is 13.8 Å². The highest BCUT2D eigenvalue weighted by Crippen LogP contribution is 2.25. The Morgan fingerprint density at radius 1 is 1.42 bits per heavy atom. The van der Waals surface area contributed by atoms with Crippen molar-refractivity contribution in [1.82, 2.24) is 14.8 Å². The molecule has 0 N–H and O–H groups in total. The molecule has 0 saturated carbocycles. The zero-order valence-corrected chi connectivity index (χ0v) is 13.9. The molecule has 0 saturated heterocycles. The van der Waals surface area contributed by atoms with Crippen LogP contribution in [0.15, 0.2) is 4.47 Å². The number of hydrogen-bond acceptors (Lipinski definition) is 4. The average Bonchev–Trinajstić information content (AvgIpc) is 2.82. The predicted octanol–water partition coefficient (Wildman–Crippen LogP) is 3.24. The molecule has 2 aromatic rings. The first kappa shape index (κ1) is 14.4. The van der Waals surface area contributed by atoms with Gasteiger partial charge in [-0.05, 0) is 36.2 Å². The van der Waals surface area contributed by atoms with Gasteiger partial charge in [0.25, 0.3) is 0 Å². The van der Waals surface area contributed by atoms with E-state index in [-0.39, 0.29) is 5.78 Å². The first-order valence-electron chi connectivity index (χ1n) is 6.11. The fraction of sp³-hybridized carbons (Fsp3) is 0.462. The molecule has 0 fully saturated rings. The topological polar surface area (TPSA) is 47.8 Å². The Balaban J connectivity index is 2.29. The molecule has 0 atom stereocenters. The third-order valence-corrected chi connectivity index (χ3v) is 5.02. The molecular formula is C13H16BrN3OS. The third-order valence-electron chi connectivity index (χ3n) is 2.99. The van der Waals surface area contributed by atoms with Crippen LogP contribution in [0.5, 0.6) is 0 Å². The van der Waals surface area contributed by atoms with Crippen LogP contribution in [0.3, 0.4) is 0 Å². The maximum absolute atomic E-state index is 12.4. The number of thiazole rings is 1. The van der Waals surface area contributed by atoms with Gasteiger partial charge in [-0.15, -0.1) is 11.3 Å². The normalized spacial score (nSPS) is 11.0. The van der Waals surface area contributed by atoms with Gasteiger partial charge in [0.2, 0.25) is 0 Å². The maximum Gasteiger partial charge on any atom is 0.180 e. The van der Waals surface area contributed by atoms with E-state index >= 15 is 0 Å². The molecule has 0 aromatic carbocycles. The summed E-state index contributed by atoms with van der Waals surface area (Å²) in [5.74, 6) is 0.106. The zero-order chi connectivity index (χ0) is 14.2. The molecule has 0 radical (unpaired) electrons. The number of hydrogen-bond donors (Lipinski definition) is 0. The van der Waals surface area contributed by atoms with Crippen molar-refractivity contribution < 1.29 is 4.79 Å². The van der Waals surface area contributed by atoms with Crippen LogP contribution in [0.4, 0.5) is 0 Å². The number of carbonyl (C=O) groups is 1. The lowest BCUT2D eigenvalue weighted by Crippen LogP contribution is -2.08. The van der Waals surface area contributed by atoms with E-state index in [1.54, 1.807) is 4.68 Å². The highest BCUT2D eigenvalue weighted by molar-refractivity contribution is 9.10. The summed E-state index contributed by atoms with van der Waals surface area (Å²) in [7, 11) is 1.87. The summed E-state index contributed by atoms with van der Waals surface area (Å²) in [6.45, 7) is 5.85. The second-order valence-corrected chi connectivity index (χ2v) is 6.43. The number of nitrogens with zero attached hydrogens (tertiary/aromatic N) is 3. The quantitative estimate of drug-likeness (QED) is 0.802. The second-order valence-electron chi connectivity index (χ2n) is 4.43. The molecule has 0 aliphatic heterocycles. The standard InChI is InChI=1S/C13H16BrN3OS/c1-5-9-12(14)10(17(4)16-9)6-11(18)13-7(2)15-8(3)19-13/h5-6H2,1-4H3. The van der Waals surface area contributed by atoms with Crippen LogP contribution in [0.1, 0.15) is 38.7 Å². The maximum atomic E-state index is 12.4. The van der Waals surface area contributed by atoms with Crippen molar-refractivity contribution in [2.24, 2.45) is 7.05 Å². The summed E-state index contributed by atoms with van der Waals surface area (Å²) >= 11 is 5.00. The Morgan fingerprint density at radius 2 is 2.11 bits per heavy atom. The molecule has 0 bridgehead atoms. The number of ketones is 1. The van der Waals surface area contributed by atoms with Gasteiger partial charge in [-0.2, -0.15) is 5.10 Å². The number of rotatable bonds is 4. The van der Waals surface area contributed by atoms with Gasteiger partial charge in [0.1, 0.15) is 0 Å². The molecule has 2 aromatic heterocycles. The molecule has 102 valence electrons. The third kappa shape index (κ3) is 2.79. The Hall–Kier alpha value is -1.01. The van der Waals surface area contributed by atoms with Crippen LogP contribution in [-0.4, -0.2) is 20.5 Å². The fourth-order valence-corrected chi connectivity index (χ4v) is 3.65. The lowest BCUT2D eigenvalue weighted by Gasteiger charge is -2.01. The smallest absolute Gasteiger partial charge is 0.180 e. The summed E-state index contributed by atoms with van der Waals surface area (Å²) in [6, 6.07) is 0. The van der Waals surface area contributed by atoms with Gasteiger partial charge in [-0.25, -0.2) is 4.98 Å². The summed E-state index contributed by atoms with van der Waals surface area (Å²) in [5.41, 5.74) is 2.73. The van der Waals surface area contributed by atoms with Crippen molar-refractivity contribution >= 4 is 33.0 Å². The second kappa shape index (κ2) is 5.54. The number of carbonyl (C=O) groups excluding carboxylic acids is 1. The molecule has 0 aliphatic carbocycles. The average molecular weight is 342 g/mol. The molecule has 2 rings (SSSR count). The first-order chi connectivity index (χ1) is 8.93. The van der Waals surface area contributed by atoms with Crippen LogP contribution in [0.25, 0.3) is 0 Å². The highest BCUT2D eigenvalue weighted by Gasteiger charge is 2.19. The Labute approximate surface area is 125 Å². The van der Waals surface area contributed by atoms with Crippen molar-refractivity contribution in [3.05, 3.63) is 31.4 Å². The van der Waals surface area contributed by atoms with Gasteiger partial charge in [-0.3, -0.25) is 9.48 Å². The van der Waals surface area contributed by atoms with Crippen molar-refractivity contribution in [1.29, 1.82) is 0 Å². The molecule has 4 nitrogen and oxygen atoms in total. The highest BCUT2D eigenvalue weighted by atomic mass is 79.9. The van der Waals surface area contributed by atoms with Gasteiger partial charge in [0.15, 0.2) is 5.78 Å². The van der Waals surface area contributed by atoms with Crippen molar-refractivity contribution in [2.75, 3.05) is 0 Å². The number of halogens is 1. The fourth-order valence-electron chi connectivity index (χ4n) is 2.03. The summed E-state index contributed by atoms with van der Waals surface area (Å²) < 4.78 is 2.73. The van der Waals surface area contributed by atoms with Gasteiger partial charge < -0.3 is 0 Å². The zero-order valence-electron chi connectivity index (χ0n) is 11.5. The first-order valence-corrected chi connectivity index (χ1v) is 7.72. The monoisotopic (exact) mass is 341 g/mol. The molecule has 0 amide bonds. The lowest BCUT2D eigenvalue weighted by atomic mass is 10.1. The summed E-state index contributed by atoms with van der Waals surface area (Å²) in [5, 5.41) is 5.34. The van der Waals surface area contributed by atoms with Gasteiger partial charge in [0.05, 0.1) is 37.9 Å². The van der Waals surface area contributed by atoms with Gasteiger partial charge in [-0.1, -0.05) is 6.92 Å².